The van der Waals surface area contributed by atoms with Crippen LogP contribution in [0.5, 0.6) is 0 Å². The van der Waals surface area contributed by atoms with Gasteiger partial charge in [-0.05, 0) is 30.0 Å². The summed E-state index contributed by atoms with van der Waals surface area (Å²) in [6, 6.07) is 6.80. The van der Waals surface area contributed by atoms with Crippen LogP contribution in [0.2, 0.25) is 0 Å². The molecule has 7 heteroatoms. The molecule has 0 saturated carbocycles. The van der Waals surface area contributed by atoms with Crippen molar-refractivity contribution in [3.05, 3.63) is 41.0 Å². The lowest BCUT2D eigenvalue weighted by Gasteiger charge is -2.11. The lowest BCUT2D eigenvalue weighted by molar-refractivity contribution is 0.631. The molecule has 0 bridgehead atoms. The average molecular weight is 289 g/mol. The van der Waals surface area contributed by atoms with E-state index in [4.69, 9.17) is 5.84 Å². The number of fused-ring (bicyclic) bond motifs is 1. The summed E-state index contributed by atoms with van der Waals surface area (Å²) in [5, 5.41) is 5.76. The number of benzene rings is 1. The zero-order chi connectivity index (χ0) is 14.1. The number of nitrogens with two attached hydrogens (primary N) is 1. The number of aromatic nitrogens is 2. The number of rotatable bonds is 3. The van der Waals surface area contributed by atoms with Crippen molar-refractivity contribution in [1.82, 2.24) is 9.97 Å². The molecule has 5 nitrogen and oxygen atoms in total. The fraction of sp³-hybridized carbons (Fsp3) is 0.0769. The smallest absolute Gasteiger partial charge is 0.240 e. The molecule has 3 aromatic rings. The summed E-state index contributed by atoms with van der Waals surface area (Å²) >= 11 is 1.47. The molecule has 0 unspecified atom stereocenters. The lowest BCUT2D eigenvalue weighted by Crippen LogP contribution is -2.11. The van der Waals surface area contributed by atoms with Crippen LogP contribution in [0.3, 0.4) is 0 Å². The Labute approximate surface area is 118 Å². The molecule has 20 heavy (non-hydrogen) atoms. The Morgan fingerprint density at radius 3 is 2.85 bits per heavy atom. The van der Waals surface area contributed by atoms with Crippen LogP contribution < -0.4 is 16.6 Å². The van der Waals surface area contributed by atoms with Crippen molar-refractivity contribution in [3.63, 3.8) is 0 Å². The quantitative estimate of drug-likeness (QED) is 0.510. The molecule has 3 rings (SSSR count). The number of para-hydroxylation sites is 1. The molecule has 0 amide bonds. The summed E-state index contributed by atoms with van der Waals surface area (Å²) in [6.07, 6.45) is 0. The van der Waals surface area contributed by atoms with Crippen molar-refractivity contribution < 1.29 is 4.39 Å². The third-order valence-electron chi connectivity index (χ3n) is 2.92. The molecular weight excluding hydrogens is 277 g/mol. The zero-order valence-electron chi connectivity index (χ0n) is 10.6. The molecule has 0 fully saturated rings. The molecule has 2 aromatic heterocycles. The number of anilines is 3. The highest BCUT2D eigenvalue weighted by molar-refractivity contribution is 7.16. The van der Waals surface area contributed by atoms with Crippen molar-refractivity contribution in [2.24, 2.45) is 5.84 Å². The summed E-state index contributed by atoms with van der Waals surface area (Å²) in [6.45, 7) is 1.83. The summed E-state index contributed by atoms with van der Waals surface area (Å²) in [7, 11) is 0. The van der Waals surface area contributed by atoms with Crippen LogP contribution >= 0.6 is 11.3 Å². The van der Waals surface area contributed by atoms with Crippen LogP contribution in [-0.2, 0) is 0 Å². The van der Waals surface area contributed by atoms with Crippen LogP contribution in [0.25, 0.3) is 10.2 Å². The van der Waals surface area contributed by atoms with E-state index < -0.39 is 0 Å². The first-order chi connectivity index (χ1) is 9.69. The van der Waals surface area contributed by atoms with E-state index in [9.17, 15) is 4.39 Å². The van der Waals surface area contributed by atoms with Gasteiger partial charge in [-0.25, -0.2) is 15.2 Å². The summed E-state index contributed by atoms with van der Waals surface area (Å²) in [4.78, 5) is 9.27. The van der Waals surface area contributed by atoms with Gasteiger partial charge in [-0.1, -0.05) is 12.1 Å². The number of nitrogens with zero attached hydrogens (tertiary/aromatic N) is 2. The van der Waals surface area contributed by atoms with Crippen molar-refractivity contribution in [1.29, 1.82) is 0 Å². The first-order valence-corrected chi connectivity index (χ1v) is 6.81. The predicted molar refractivity (Wildman–Crippen MR) is 79.6 cm³/mol. The second-order valence-corrected chi connectivity index (χ2v) is 5.13. The maximum atomic E-state index is 13.9. The molecule has 102 valence electrons. The molecule has 0 atom stereocenters. The number of halogens is 1. The Morgan fingerprint density at radius 1 is 1.25 bits per heavy atom. The van der Waals surface area contributed by atoms with E-state index >= 15 is 0 Å². The fourth-order valence-corrected chi connectivity index (χ4v) is 2.69. The molecule has 2 heterocycles. The van der Waals surface area contributed by atoms with Crippen molar-refractivity contribution >= 4 is 39.0 Å². The van der Waals surface area contributed by atoms with Crippen molar-refractivity contribution in [2.45, 2.75) is 6.92 Å². The first-order valence-electron chi connectivity index (χ1n) is 5.93. The van der Waals surface area contributed by atoms with E-state index in [1.165, 1.54) is 17.4 Å². The number of hydrazine groups is 1. The Balaban J connectivity index is 2.12. The standard InChI is InChI=1S/C13H12FN5S/c1-7-3-2-4-9(14)10(7)16-11-8-5-6-20-12(8)18-13(17-11)19-15/h2-6H,15H2,1H3,(H2,16,17,18,19). The molecule has 0 aliphatic carbocycles. The minimum absolute atomic E-state index is 0.288. The van der Waals surface area contributed by atoms with Gasteiger partial charge >= 0.3 is 0 Å². The number of hydrogen-bond acceptors (Lipinski definition) is 6. The largest absolute Gasteiger partial charge is 0.337 e. The highest BCUT2D eigenvalue weighted by atomic mass is 32.1. The minimum Gasteiger partial charge on any atom is -0.337 e. The van der Waals surface area contributed by atoms with Gasteiger partial charge in [0, 0.05) is 0 Å². The maximum absolute atomic E-state index is 13.9. The summed E-state index contributed by atoms with van der Waals surface area (Å²) in [5.74, 6) is 5.85. The van der Waals surface area contributed by atoms with Crippen LogP contribution in [0.15, 0.2) is 29.6 Å². The molecule has 0 saturated heterocycles. The second kappa shape index (κ2) is 5.03. The monoisotopic (exact) mass is 289 g/mol. The number of hydrogen-bond donors (Lipinski definition) is 3. The summed E-state index contributed by atoms with van der Waals surface area (Å²) in [5.41, 5.74) is 3.62. The van der Waals surface area contributed by atoms with Gasteiger partial charge in [0.25, 0.3) is 0 Å². The molecule has 1 aromatic carbocycles. The van der Waals surface area contributed by atoms with Gasteiger partial charge in [0.15, 0.2) is 0 Å². The molecule has 0 radical (unpaired) electrons. The fourth-order valence-electron chi connectivity index (χ4n) is 1.92. The lowest BCUT2D eigenvalue weighted by atomic mass is 10.2. The highest BCUT2D eigenvalue weighted by Crippen LogP contribution is 2.30. The zero-order valence-corrected chi connectivity index (χ0v) is 11.5. The van der Waals surface area contributed by atoms with Gasteiger partial charge in [-0.2, -0.15) is 4.98 Å². The Bertz CT molecular complexity index is 750. The molecular formula is C13H12FN5S. The second-order valence-electron chi connectivity index (χ2n) is 4.24. The van der Waals surface area contributed by atoms with Gasteiger partial charge in [-0.15, -0.1) is 11.3 Å². The van der Waals surface area contributed by atoms with Crippen molar-refractivity contribution in [2.75, 3.05) is 10.7 Å². The third kappa shape index (κ3) is 2.17. The van der Waals surface area contributed by atoms with E-state index in [0.717, 1.165) is 15.8 Å². The van der Waals surface area contributed by atoms with Gasteiger partial charge < -0.3 is 5.32 Å². The third-order valence-corrected chi connectivity index (χ3v) is 3.73. The van der Waals surface area contributed by atoms with Gasteiger partial charge in [0.05, 0.1) is 11.1 Å². The molecule has 4 N–H and O–H groups in total. The average Bonchev–Trinajstić information content (AvgIpc) is 2.91. The van der Waals surface area contributed by atoms with E-state index in [0.29, 0.717) is 11.5 Å². The Morgan fingerprint density at radius 2 is 2.10 bits per heavy atom. The number of nitrogen functional groups attached to an aromatic ring is 1. The van der Waals surface area contributed by atoms with E-state index in [1.807, 2.05) is 24.4 Å². The molecule has 0 aliphatic rings. The maximum Gasteiger partial charge on any atom is 0.240 e. The van der Waals surface area contributed by atoms with E-state index in [-0.39, 0.29) is 11.8 Å². The number of aryl methyl sites for hydroxylation is 1. The van der Waals surface area contributed by atoms with Crippen molar-refractivity contribution in [3.8, 4) is 0 Å². The van der Waals surface area contributed by atoms with Crippen LogP contribution in [0.1, 0.15) is 5.56 Å². The number of nitrogens with one attached hydrogen (secondary N) is 2. The van der Waals surface area contributed by atoms with Gasteiger partial charge in [0.1, 0.15) is 16.5 Å². The van der Waals surface area contributed by atoms with E-state index in [2.05, 4.69) is 20.7 Å². The van der Waals surface area contributed by atoms with Gasteiger partial charge in [0.2, 0.25) is 5.95 Å². The first kappa shape index (κ1) is 12.8. The summed E-state index contributed by atoms with van der Waals surface area (Å²) < 4.78 is 13.9. The van der Waals surface area contributed by atoms with Crippen LogP contribution in [-0.4, -0.2) is 9.97 Å². The Kier molecular flexibility index (Phi) is 3.21. The van der Waals surface area contributed by atoms with E-state index in [1.54, 1.807) is 6.07 Å². The topological polar surface area (TPSA) is 75.9 Å². The minimum atomic E-state index is -0.325. The van der Waals surface area contributed by atoms with Crippen LogP contribution in [0, 0.1) is 12.7 Å². The Hall–Kier alpha value is -2.25. The molecule has 0 aliphatic heterocycles. The van der Waals surface area contributed by atoms with Gasteiger partial charge in [-0.3, -0.25) is 5.43 Å². The number of thiophene rings is 1. The molecule has 0 spiro atoms. The SMILES string of the molecule is Cc1cccc(F)c1Nc1nc(NN)nc2sccc12. The van der Waals surface area contributed by atoms with Crippen LogP contribution in [0.4, 0.5) is 21.8 Å². The highest BCUT2D eigenvalue weighted by Gasteiger charge is 2.12. The predicted octanol–water partition coefficient (Wildman–Crippen LogP) is 3.17. The normalized spacial score (nSPS) is 10.8.